The second-order valence-corrected chi connectivity index (χ2v) is 6.68. The molecule has 150 valence electrons. The molecule has 0 aliphatic heterocycles. The van der Waals surface area contributed by atoms with Gasteiger partial charge in [0, 0.05) is 18.5 Å². The van der Waals surface area contributed by atoms with E-state index in [0.29, 0.717) is 18.5 Å². The standard InChI is InChI=1S/C22H33NO4/c1-2-3-4-5-6-7-8-9-11-19-13-15-20(16-14-19)21(24)18-27-23-17-10-12-22(25)26/h9,11,13-16,23H,2-8,10,12,17-18H2,1H3,(H,25,26)/b11-9-. The summed E-state index contributed by atoms with van der Waals surface area (Å²) in [6.45, 7) is 2.57. The number of ketones is 1. The molecule has 1 aromatic rings. The number of nitrogens with one attached hydrogen (secondary N) is 1. The molecular weight excluding hydrogens is 342 g/mol. The molecule has 0 heterocycles. The molecular formula is C22H33NO4. The zero-order chi connectivity index (χ0) is 19.7. The quantitative estimate of drug-likeness (QED) is 0.241. The van der Waals surface area contributed by atoms with Crippen LogP contribution in [0, 0.1) is 0 Å². The third-order valence-electron chi connectivity index (χ3n) is 4.24. The fourth-order valence-corrected chi connectivity index (χ4v) is 2.63. The number of aliphatic carboxylic acids is 1. The molecule has 0 aliphatic carbocycles. The van der Waals surface area contributed by atoms with E-state index < -0.39 is 5.97 Å². The van der Waals surface area contributed by atoms with Crippen LogP contribution in [0.3, 0.4) is 0 Å². The first-order valence-electron chi connectivity index (χ1n) is 9.99. The van der Waals surface area contributed by atoms with Crippen LogP contribution in [0.2, 0.25) is 0 Å². The number of carbonyl (C=O) groups is 2. The van der Waals surface area contributed by atoms with Crippen molar-refractivity contribution in [1.29, 1.82) is 0 Å². The van der Waals surface area contributed by atoms with Crippen molar-refractivity contribution in [3.8, 4) is 0 Å². The van der Waals surface area contributed by atoms with E-state index in [0.717, 1.165) is 12.0 Å². The van der Waals surface area contributed by atoms with Crippen molar-refractivity contribution in [3.63, 3.8) is 0 Å². The zero-order valence-electron chi connectivity index (χ0n) is 16.4. The van der Waals surface area contributed by atoms with Gasteiger partial charge in [0.05, 0.1) is 0 Å². The van der Waals surface area contributed by atoms with Crippen LogP contribution in [0.25, 0.3) is 6.08 Å². The Balaban J connectivity index is 2.19. The molecule has 0 aromatic heterocycles. The Morgan fingerprint density at radius 2 is 1.74 bits per heavy atom. The fourth-order valence-electron chi connectivity index (χ4n) is 2.63. The van der Waals surface area contributed by atoms with Gasteiger partial charge in [-0.1, -0.05) is 75.4 Å². The van der Waals surface area contributed by atoms with Gasteiger partial charge in [-0.15, -0.1) is 0 Å². The number of allylic oxidation sites excluding steroid dienone is 1. The van der Waals surface area contributed by atoms with Crippen LogP contribution in [0.5, 0.6) is 0 Å². The molecule has 0 spiro atoms. The highest BCUT2D eigenvalue weighted by Gasteiger charge is 2.05. The van der Waals surface area contributed by atoms with Gasteiger partial charge in [0.1, 0.15) is 6.61 Å². The molecule has 1 rings (SSSR count). The number of carboxylic acid groups (broad SMARTS) is 1. The van der Waals surface area contributed by atoms with Crippen molar-refractivity contribution in [2.45, 2.75) is 64.7 Å². The molecule has 0 atom stereocenters. The van der Waals surface area contributed by atoms with Crippen LogP contribution in [-0.4, -0.2) is 30.0 Å². The van der Waals surface area contributed by atoms with Gasteiger partial charge < -0.3 is 5.11 Å². The Kier molecular flexibility index (Phi) is 12.9. The van der Waals surface area contributed by atoms with E-state index in [-0.39, 0.29) is 18.8 Å². The molecule has 5 heteroatoms. The molecule has 0 radical (unpaired) electrons. The molecule has 27 heavy (non-hydrogen) atoms. The van der Waals surface area contributed by atoms with Gasteiger partial charge in [-0.2, -0.15) is 0 Å². The van der Waals surface area contributed by atoms with Gasteiger partial charge in [-0.25, -0.2) is 5.48 Å². The topological polar surface area (TPSA) is 75.6 Å². The number of Topliss-reactive ketones (excluding diaryl/α,β-unsaturated/α-hetero) is 1. The average Bonchev–Trinajstić information content (AvgIpc) is 2.66. The van der Waals surface area contributed by atoms with Gasteiger partial charge in [-0.3, -0.25) is 14.4 Å². The summed E-state index contributed by atoms with van der Waals surface area (Å²) in [6.07, 6.45) is 13.7. The maximum Gasteiger partial charge on any atom is 0.303 e. The summed E-state index contributed by atoms with van der Waals surface area (Å²) in [5.74, 6) is -0.947. The van der Waals surface area contributed by atoms with Crippen molar-refractivity contribution in [3.05, 3.63) is 41.5 Å². The molecule has 0 saturated carbocycles. The smallest absolute Gasteiger partial charge is 0.303 e. The summed E-state index contributed by atoms with van der Waals surface area (Å²) in [4.78, 5) is 27.5. The Hall–Kier alpha value is -1.98. The number of benzene rings is 1. The first kappa shape index (κ1) is 23.1. The van der Waals surface area contributed by atoms with E-state index in [1.165, 1.54) is 38.5 Å². The first-order valence-corrected chi connectivity index (χ1v) is 9.99. The highest BCUT2D eigenvalue weighted by molar-refractivity contribution is 5.97. The summed E-state index contributed by atoms with van der Waals surface area (Å²) >= 11 is 0. The van der Waals surface area contributed by atoms with Gasteiger partial charge in [-0.05, 0) is 24.8 Å². The third-order valence-corrected chi connectivity index (χ3v) is 4.24. The molecule has 0 saturated heterocycles. The average molecular weight is 376 g/mol. The lowest BCUT2D eigenvalue weighted by molar-refractivity contribution is -0.137. The van der Waals surface area contributed by atoms with Gasteiger partial charge in [0.2, 0.25) is 0 Å². The van der Waals surface area contributed by atoms with Crippen LogP contribution in [0.15, 0.2) is 30.3 Å². The van der Waals surface area contributed by atoms with E-state index in [1.807, 2.05) is 12.1 Å². The highest BCUT2D eigenvalue weighted by Crippen LogP contribution is 2.10. The summed E-state index contributed by atoms with van der Waals surface area (Å²) in [7, 11) is 0. The summed E-state index contributed by atoms with van der Waals surface area (Å²) in [6, 6.07) is 7.48. The molecule has 5 nitrogen and oxygen atoms in total. The maximum atomic E-state index is 12.0. The minimum atomic E-state index is -0.839. The van der Waals surface area contributed by atoms with Crippen LogP contribution in [-0.2, 0) is 9.63 Å². The number of hydroxylamine groups is 1. The van der Waals surface area contributed by atoms with E-state index in [1.54, 1.807) is 12.1 Å². The monoisotopic (exact) mass is 375 g/mol. The van der Waals surface area contributed by atoms with Crippen LogP contribution < -0.4 is 5.48 Å². The number of hydrogen-bond donors (Lipinski definition) is 2. The molecule has 0 amide bonds. The zero-order valence-corrected chi connectivity index (χ0v) is 16.4. The lowest BCUT2D eigenvalue weighted by Gasteiger charge is -2.05. The van der Waals surface area contributed by atoms with E-state index in [4.69, 9.17) is 9.94 Å². The largest absolute Gasteiger partial charge is 0.481 e. The van der Waals surface area contributed by atoms with E-state index in [9.17, 15) is 9.59 Å². The van der Waals surface area contributed by atoms with Crippen molar-refractivity contribution in [1.82, 2.24) is 5.48 Å². The molecule has 1 aromatic carbocycles. The Morgan fingerprint density at radius 3 is 2.44 bits per heavy atom. The van der Waals surface area contributed by atoms with Crippen LogP contribution in [0.4, 0.5) is 0 Å². The number of rotatable bonds is 16. The van der Waals surface area contributed by atoms with E-state index in [2.05, 4.69) is 24.6 Å². The molecule has 2 N–H and O–H groups in total. The number of unbranched alkanes of at least 4 members (excludes halogenated alkanes) is 6. The SMILES string of the molecule is CCCCCCCC/C=C\c1ccc(C(=O)CONCCCC(=O)O)cc1. The number of hydrogen-bond acceptors (Lipinski definition) is 4. The summed E-state index contributed by atoms with van der Waals surface area (Å²) < 4.78 is 0. The summed E-state index contributed by atoms with van der Waals surface area (Å²) in [5, 5.41) is 8.52. The van der Waals surface area contributed by atoms with Crippen molar-refractivity contribution in [2.75, 3.05) is 13.2 Å². The Morgan fingerprint density at radius 1 is 1.04 bits per heavy atom. The molecule has 0 bridgehead atoms. The Bertz CT molecular complexity index is 566. The lowest BCUT2D eigenvalue weighted by Crippen LogP contribution is -2.21. The van der Waals surface area contributed by atoms with Crippen LogP contribution in [0.1, 0.15) is 80.6 Å². The van der Waals surface area contributed by atoms with Crippen molar-refractivity contribution in [2.24, 2.45) is 0 Å². The summed E-state index contributed by atoms with van der Waals surface area (Å²) in [5.41, 5.74) is 4.31. The Labute approximate surface area is 162 Å². The molecule has 0 fully saturated rings. The maximum absolute atomic E-state index is 12.0. The number of carboxylic acids is 1. The minimum Gasteiger partial charge on any atom is -0.481 e. The predicted octanol–water partition coefficient (Wildman–Crippen LogP) is 5.02. The van der Waals surface area contributed by atoms with Crippen molar-refractivity contribution < 1.29 is 19.5 Å². The fraction of sp³-hybridized carbons (Fsp3) is 0.545. The molecule has 0 aliphatic rings. The van der Waals surface area contributed by atoms with Crippen LogP contribution >= 0.6 is 0 Å². The third kappa shape index (κ3) is 12.1. The minimum absolute atomic E-state index is 0.0692. The predicted molar refractivity (Wildman–Crippen MR) is 109 cm³/mol. The second kappa shape index (κ2) is 15.1. The number of carbonyl (C=O) groups excluding carboxylic acids is 1. The first-order chi connectivity index (χ1) is 13.1. The van der Waals surface area contributed by atoms with E-state index >= 15 is 0 Å². The van der Waals surface area contributed by atoms with Gasteiger partial charge >= 0.3 is 5.97 Å². The van der Waals surface area contributed by atoms with Gasteiger partial charge in [0.25, 0.3) is 0 Å². The van der Waals surface area contributed by atoms with Crippen molar-refractivity contribution >= 4 is 17.8 Å². The highest BCUT2D eigenvalue weighted by atomic mass is 16.6. The second-order valence-electron chi connectivity index (χ2n) is 6.68. The molecule has 0 unspecified atom stereocenters. The van der Waals surface area contributed by atoms with Gasteiger partial charge in [0.15, 0.2) is 5.78 Å². The lowest BCUT2D eigenvalue weighted by atomic mass is 10.1. The normalized spacial score (nSPS) is 11.1.